The Hall–Kier alpha value is -0.490. The second-order valence-corrected chi connectivity index (χ2v) is 4.72. The van der Waals surface area contributed by atoms with Gasteiger partial charge in [-0.1, -0.05) is 0 Å². The highest BCUT2D eigenvalue weighted by Gasteiger charge is 2.11. The molecule has 82 valence electrons. The van der Waals surface area contributed by atoms with Crippen molar-refractivity contribution < 1.29 is 4.74 Å². The molecular formula is C11H15IN2O. The molecule has 3 nitrogen and oxygen atoms in total. The van der Waals surface area contributed by atoms with Gasteiger partial charge in [-0.2, -0.15) is 0 Å². The van der Waals surface area contributed by atoms with E-state index in [0.29, 0.717) is 0 Å². The molecule has 1 heterocycles. The van der Waals surface area contributed by atoms with Crippen LogP contribution < -0.4 is 15.0 Å². The van der Waals surface area contributed by atoms with Gasteiger partial charge in [-0.15, -0.1) is 0 Å². The van der Waals surface area contributed by atoms with E-state index >= 15 is 0 Å². The maximum atomic E-state index is 5.25. The Balaban J connectivity index is 2.17. The fourth-order valence-corrected chi connectivity index (χ4v) is 2.49. The molecule has 0 bridgehead atoms. The van der Waals surface area contributed by atoms with Gasteiger partial charge in [-0.25, -0.2) is 0 Å². The first-order chi connectivity index (χ1) is 7.31. The molecule has 0 atom stereocenters. The van der Waals surface area contributed by atoms with Crippen molar-refractivity contribution in [3.63, 3.8) is 0 Å². The summed E-state index contributed by atoms with van der Waals surface area (Å²) in [6, 6.07) is 6.36. The van der Waals surface area contributed by atoms with Crippen LogP contribution in [0.4, 0.5) is 5.69 Å². The highest BCUT2D eigenvalue weighted by molar-refractivity contribution is 14.1. The molecule has 1 N–H and O–H groups in total. The molecule has 1 aliphatic heterocycles. The van der Waals surface area contributed by atoms with Crippen molar-refractivity contribution in [2.75, 3.05) is 38.2 Å². The summed E-state index contributed by atoms with van der Waals surface area (Å²) in [6.07, 6.45) is 0. The predicted octanol–water partition coefficient (Wildman–Crippen LogP) is 1.71. The molecule has 1 aromatic carbocycles. The van der Waals surface area contributed by atoms with Crippen LogP contribution in [0.1, 0.15) is 0 Å². The third-order valence-electron chi connectivity index (χ3n) is 2.62. The second-order valence-electron chi connectivity index (χ2n) is 3.56. The van der Waals surface area contributed by atoms with Crippen LogP contribution in [0.2, 0.25) is 0 Å². The van der Waals surface area contributed by atoms with Crippen molar-refractivity contribution in [3.8, 4) is 5.75 Å². The summed E-state index contributed by atoms with van der Waals surface area (Å²) in [7, 11) is 1.71. The molecule has 0 radical (unpaired) electrons. The SMILES string of the molecule is COc1ccc(N2CCNCC2)cc1I. The molecule has 15 heavy (non-hydrogen) atoms. The Bertz CT molecular complexity index is 337. The third kappa shape index (κ3) is 2.55. The maximum absolute atomic E-state index is 5.25. The average Bonchev–Trinajstić information content (AvgIpc) is 2.30. The van der Waals surface area contributed by atoms with E-state index in [1.54, 1.807) is 7.11 Å². The van der Waals surface area contributed by atoms with Gasteiger partial charge in [0.2, 0.25) is 0 Å². The minimum Gasteiger partial charge on any atom is -0.496 e. The van der Waals surface area contributed by atoms with E-state index in [9.17, 15) is 0 Å². The Kier molecular flexibility index (Phi) is 3.69. The molecular weight excluding hydrogens is 303 g/mol. The summed E-state index contributed by atoms with van der Waals surface area (Å²) < 4.78 is 6.42. The molecule has 4 heteroatoms. The number of ether oxygens (including phenoxy) is 1. The summed E-state index contributed by atoms with van der Waals surface area (Å²) in [5.74, 6) is 0.953. The zero-order valence-electron chi connectivity index (χ0n) is 8.79. The van der Waals surface area contributed by atoms with E-state index in [-0.39, 0.29) is 0 Å². The summed E-state index contributed by atoms with van der Waals surface area (Å²) in [6.45, 7) is 4.32. The van der Waals surface area contributed by atoms with Gasteiger partial charge in [0, 0.05) is 31.9 Å². The van der Waals surface area contributed by atoms with Crippen LogP contribution in [-0.4, -0.2) is 33.3 Å². The number of hydrogen-bond acceptors (Lipinski definition) is 3. The van der Waals surface area contributed by atoms with E-state index in [0.717, 1.165) is 31.9 Å². The summed E-state index contributed by atoms with van der Waals surface area (Å²) in [4.78, 5) is 2.40. The quantitative estimate of drug-likeness (QED) is 0.840. The molecule has 1 aliphatic rings. The average molecular weight is 318 g/mol. The lowest BCUT2D eigenvalue weighted by Gasteiger charge is -2.29. The maximum Gasteiger partial charge on any atom is 0.132 e. The third-order valence-corrected chi connectivity index (χ3v) is 3.46. The Morgan fingerprint density at radius 1 is 1.33 bits per heavy atom. The lowest BCUT2D eigenvalue weighted by Crippen LogP contribution is -2.43. The van der Waals surface area contributed by atoms with E-state index in [1.165, 1.54) is 9.26 Å². The highest BCUT2D eigenvalue weighted by Crippen LogP contribution is 2.26. The zero-order chi connectivity index (χ0) is 10.7. The van der Waals surface area contributed by atoms with Crippen LogP contribution in [0.3, 0.4) is 0 Å². The number of hydrogen-bond donors (Lipinski definition) is 1. The van der Waals surface area contributed by atoms with E-state index in [4.69, 9.17) is 4.74 Å². The number of anilines is 1. The number of piperazine rings is 1. The van der Waals surface area contributed by atoms with Gasteiger partial charge in [-0.3, -0.25) is 0 Å². The molecule has 0 aliphatic carbocycles. The lowest BCUT2D eigenvalue weighted by atomic mass is 10.2. The molecule has 1 fully saturated rings. The molecule has 1 saturated heterocycles. The van der Waals surface area contributed by atoms with Crippen LogP contribution in [0.25, 0.3) is 0 Å². The van der Waals surface area contributed by atoms with Crippen molar-refractivity contribution in [2.24, 2.45) is 0 Å². The minimum atomic E-state index is 0.953. The number of halogens is 1. The first kappa shape index (κ1) is 11.0. The molecule has 2 rings (SSSR count). The van der Waals surface area contributed by atoms with Crippen LogP contribution >= 0.6 is 22.6 Å². The number of benzene rings is 1. The summed E-state index contributed by atoms with van der Waals surface area (Å²) in [5, 5.41) is 3.35. The standard InChI is InChI=1S/C11H15IN2O/c1-15-11-3-2-9(8-10(11)12)14-6-4-13-5-7-14/h2-3,8,13H,4-7H2,1H3. The van der Waals surface area contributed by atoms with Crippen LogP contribution in [-0.2, 0) is 0 Å². The van der Waals surface area contributed by atoms with Crippen molar-refractivity contribution in [1.29, 1.82) is 0 Å². The topological polar surface area (TPSA) is 24.5 Å². The highest BCUT2D eigenvalue weighted by atomic mass is 127. The first-order valence-corrected chi connectivity index (χ1v) is 6.18. The number of nitrogens with zero attached hydrogens (tertiary/aromatic N) is 1. The van der Waals surface area contributed by atoms with Gasteiger partial charge in [0.25, 0.3) is 0 Å². The monoisotopic (exact) mass is 318 g/mol. The normalized spacial score (nSPS) is 16.5. The molecule has 0 saturated carbocycles. The van der Waals surface area contributed by atoms with Gasteiger partial charge in [0.1, 0.15) is 5.75 Å². The zero-order valence-corrected chi connectivity index (χ0v) is 11.0. The summed E-state index contributed by atoms with van der Waals surface area (Å²) >= 11 is 2.31. The predicted molar refractivity (Wildman–Crippen MR) is 70.8 cm³/mol. The van der Waals surface area contributed by atoms with E-state index in [1.807, 2.05) is 6.07 Å². The van der Waals surface area contributed by atoms with Crippen molar-refractivity contribution >= 4 is 28.3 Å². The molecule has 0 aromatic heterocycles. The fraction of sp³-hybridized carbons (Fsp3) is 0.455. The Morgan fingerprint density at radius 2 is 2.07 bits per heavy atom. The van der Waals surface area contributed by atoms with Gasteiger partial charge >= 0.3 is 0 Å². The van der Waals surface area contributed by atoms with Gasteiger partial charge < -0.3 is 15.0 Å². The molecule has 0 amide bonds. The fourth-order valence-electron chi connectivity index (χ4n) is 1.78. The largest absolute Gasteiger partial charge is 0.496 e. The lowest BCUT2D eigenvalue weighted by molar-refractivity contribution is 0.412. The van der Waals surface area contributed by atoms with Crippen LogP contribution in [0.15, 0.2) is 18.2 Å². The number of methoxy groups -OCH3 is 1. The minimum absolute atomic E-state index is 0.953. The van der Waals surface area contributed by atoms with Crippen molar-refractivity contribution in [3.05, 3.63) is 21.8 Å². The van der Waals surface area contributed by atoms with E-state index < -0.39 is 0 Å². The smallest absolute Gasteiger partial charge is 0.132 e. The summed E-state index contributed by atoms with van der Waals surface area (Å²) in [5.41, 5.74) is 1.29. The van der Waals surface area contributed by atoms with E-state index in [2.05, 4.69) is 44.9 Å². The van der Waals surface area contributed by atoms with Gasteiger partial charge in [0.05, 0.1) is 10.7 Å². The van der Waals surface area contributed by atoms with Gasteiger partial charge in [-0.05, 0) is 40.8 Å². The molecule has 0 unspecified atom stereocenters. The Labute approximate surface area is 104 Å². The first-order valence-electron chi connectivity index (χ1n) is 5.10. The van der Waals surface area contributed by atoms with Crippen molar-refractivity contribution in [1.82, 2.24) is 5.32 Å². The molecule has 1 aromatic rings. The number of nitrogens with one attached hydrogen (secondary N) is 1. The number of rotatable bonds is 2. The Morgan fingerprint density at radius 3 is 2.67 bits per heavy atom. The van der Waals surface area contributed by atoms with Crippen molar-refractivity contribution in [2.45, 2.75) is 0 Å². The second kappa shape index (κ2) is 5.03. The van der Waals surface area contributed by atoms with Gasteiger partial charge in [0.15, 0.2) is 0 Å². The van der Waals surface area contributed by atoms with Crippen LogP contribution in [0.5, 0.6) is 5.75 Å². The van der Waals surface area contributed by atoms with Crippen LogP contribution in [0, 0.1) is 3.57 Å². The molecule has 0 spiro atoms.